The lowest BCUT2D eigenvalue weighted by molar-refractivity contribution is 0.865. The average molecular weight is 297 g/mol. The van der Waals surface area contributed by atoms with Crippen molar-refractivity contribution in [2.75, 3.05) is 0 Å². The number of benzene rings is 1. The number of fused-ring (bicyclic) bond motifs is 2. The number of H-pyrrole nitrogens is 1. The minimum atomic E-state index is -0.0940. The van der Waals surface area contributed by atoms with Crippen LogP contribution in [0, 0.1) is 0 Å². The molecule has 1 N–H and O–H groups in total. The fourth-order valence-electron chi connectivity index (χ4n) is 2.37. The van der Waals surface area contributed by atoms with E-state index in [0.717, 1.165) is 5.52 Å². The van der Waals surface area contributed by atoms with E-state index in [9.17, 15) is 4.79 Å². The second-order valence-corrected chi connectivity index (χ2v) is 5.09. The molecule has 21 heavy (non-hydrogen) atoms. The van der Waals surface area contributed by atoms with Crippen molar-refractivity contribution in [3.63, 3.8) is 0 Å². The molecule has 0 aliphatic heterocycles. The summed E-state index contributed by atoms with van der Waals surface area (Å²) in [6.45, 7) is 0. The Morgan fingerprint density at radius 3 is 2.86 bits per heavy atom. The van der Waals surface area contributed by atoms with Crippen LogP contribution in [-0.4, -0.2) is 19.7 Å². The summed E-state index contributed by atoms with van der Waals surface area (Å²) < 4.78 is 1.62. The Hall–Kier alpha value is -2.66. The maximum Gasteiger partial charge on any atom is 0.200 e. The van der Waals surface area contributed by atoms with Crippen molar-refractivity contribution in [1.29, 1.82) is 0 Å². The van der Waals surface area contributed by atoms with Crippen LogP contribution in [0.3, 0.4) is 0 Å². The van der Waals surface area contributed by atoms with Crippen molar-refractivity contribution in [3.8, 4) is 5.82 Å². The lowest BCUT2D eigenvalue weighted by Gasteiger charge is -2.04. The number of hydrogen-bond acceptors (Lipinski definition) is 3. The number of aromatic nitrogens is 4. The maximum atomic E-state index is 12.5. The molecule has 4 rings (SSSR count). The molecule has 3 heterocycles. The molecular weight excluding hydrogens is 288 g/mol. The van der Waals surface area contributed by atoms with Crippen LogP contribution in [0.2, 0.25) is 5.02 Å². The van der Waals surface area contributed by atoms with Gasteiger partial charge in [0.1, 0.15) is 5.65 Å². The molecule has 0 saturated heterocycles. The number of rotatable bonds is 1. The van der Waals surface area contributed by atoms with E-state index < -0.39 is 0 Å². The van der Waals surface area contributed by atoms with Crippen LogP contribution in [0.4, 0.5) is 0 Å². The monoisotopic (exact) mass is 296 g/mol. The average Bonchev–Trinajstić information content (AvgIpc) is 2.93. The minimum Gasteiger partial charge on any atom is -0.339 e. The van der Waals surface area contributed by atoms with Gasteiger partial charge in [-0.25, -0.2) is 4.98 Å². The summed E-state index contributed by atoms with van der Waals surface area (Å²) in [6, 6.07) is 10.7. The topological polar surface area (TPSA) is 63.6 Å². The highest BCUT2D eigenvalue weighted by Crippen LogP contribution is 2.19. The first-order chi connectivity index (χ1) is 10.2. The van der Waals surface area contributed by atoms with Gasteiger partial charge in [0.25, 0.3) is 0 Å². The van der Waals surface area contributed by atoms with Gasteiger partial charge in [0.2, 0.25) is 5.43 Å². The highest BCUT2D eigenvalue weighted by molar-refractivity contribution is 6.31. The van der Waals surface area contributed by atoms with Crippen molar-refractivity contribution in [3.05, 3.63) is 64.0 Å². The van der Waals surface area contributed by atoms with Gasteiger partial charge in [0, 0.05) is 16.6 Å². The van der Waals surface area contributed by atoms with E-state index in [0.29, 0.717) is 27.3 Å². The number of pyridine rings is 2. The molecular formula is C15H9ClN4O. The third-order valence-electron chi connectivity index (χ3n) is 3.36. The molecule has 0 atom stereocenters. The van der Waals surface area contributed by atoms with Gasteiger partial charge in [-0.15, -0.1) is 0 Å². The predicted octanol–water partition coefficient (Wildman–Crippen LogP) is 2.92. The van der Waals surface area contributed by atoms with Gasteiger partial charge in [-0.2, -0.15) is 9.78 Å². The Bertz CT molecular complexity index is 1020. The van der Waals surface area contributed by atoms with Gasteiger partial charge in [-0.3, -0.25) is 4.79 Å². The molecule has 0 aliphatic rings. The summed E-state index contributed by atoms with van der Waals surface area (Å²) in [5.41, 5.74) is 1.24. The van der Waals surface area contributed by atoms with E-state index in [1.54, 1.807) is 35.3 Å². The first-order valence-corrected chi connectivity index (χ1v) is 6.72. The fraction of sp³-hybridized carbons (Fsp3) is 0. The zero-order chi connectivity index (χ0) is 14.4. The maximum absolute atomic E-state index is 12.5. The second-order valence-electron chi connectivity index (χ2n) is 4.65. The highest BCUT2D eigenvalue weighted by atomic mass is 35.5. The lowest BCUT2D eigenvalue weighted by Crippen LogP contribution is -2.05. The Morgan fingerprint density at radius 2 is 2.05 bits per heavy atom. The van der Waals surface area contributed by atoms with Crippen molar-refractivity contribution >= 4 is 33.5 Å². The zero-order valence-corrected chi connectivity index (χ0v) is 11.5. The minimum absolute atomic E-state index is 0.0940. The first-order valence-electron chi connectivity index (χ1n) is 6.35. The van der Waals surface area contributed by atoms with Crippen LogP contribution in [0.25, 0.3) is 27.8 Å². The quantitative estimate of drug-likeness (QED) is 0.587. The van der Waals surface area contributed by atoms with Gasteiger partial charge < -0.3 is 4.98 Å². The van der Waals surface area contributed by atoms with E-state index >= 15 is 0 Å². The first kappa shape index (κ1) is 12.1. The van der Waals surface area contributed by atoms with Gasteiger partial charge in [-0.05, 0) is 30.3 Å². The van der Waals surface area contributed by atoms with Crippen molar-refractivity contribution in [1.82, 2.24) is 19.7 Å². The van der Waals surface area contributed by atoms with E-state index in [1.807, 2.05) is 18.2 Å². The van der Waals surface area contributed by atoms with Crippen molar-refractivity contribution in [2.24, 2.45) is 0 Å². The van der Waals surface area contributed by atoms with E-state index in [2.05, 4.69) is 15.1 Å². The van der Waals surface area contributed by atoms with Crippen LogP contribution >= 0.6 is 11.6 Å². The summed E-state index contributed by atoms with van der Waals surface area (Å²) >= 11 is 5.96. The van der Waals surface area contributed by atoms with Crippen LogP contribution in [0.15, 0.2) is 53.6 Å². The summed E-state index contributed by atoms with van der Waals surface area (Å²) in [7, 11) is 0. The van der Waals surface area contributed by atoms with Gasteiger partial charge in [0.05, 0.1) is 17.1 Å². The molecule has 0 spiro atoms. The Labute approximate surface area is 123 Å². The van der Waals surface area contributed by atoms with Gasteiger partial charge >= 0.3 is 0 Å². The van der Waals surface area contributed by atoms with Gasteiger partial charge in [-0.1, -0.05) is 17.7 Å². The van der Waals surface area contributed by atoms with Crippen LogP contribution in [0.5, 0.6) is 0 Å². The summed E-state index contributed by atoms with van der Waals surface area (Å²) in [5, 5.41) is 5.85. The zero-order valence-electron chi connectivity index (χ0n) is 10.7. The molecule has 0 unspecified atom stereocenters. The largest absolute Gasteiger partial charge is 0.339 e. The van der Waals surface area contributed by atoms with Crippen LogP contribution < -0.4 is 5.43 Å². The molecule has 3 aromatic heterocycles. The van der Waals surface area contributed by atoms with E-state index in [4.69, 9.17) is 11.6 Å². The number of aromatic amines is 1. The molecule has 1 aromatic carbocycles. The standard InChI is InChI=1S/C15H9ClN4O/c16-9-4-5-12-10(7-9)14(21)11-8-18-20(15(11)19-12)13-3-1-2-6-17-13/h1-8H,(H,19,21). The van der Waals surface area contributed by atoms with E-state index in [-0.39, 0.29) is 5.43 Å². The highest BCUT2D eigenvalue weighted by Gasteiger charge is 2.12. The number of nitrogens with zero attached hydrogens (tertiary/aromatic N) is 3. The smallest absolute Gasteiger partial charge is 0.200 e. The summed E-state index contributed by atoms with van der Waals surface area (Å²) in [4.78, 5) is 20.0. The molecule has 102 valence electrons. The molecule has 0 bridgehead atoms. The van der Waals surface area contributed by atoms with Crippen LogP contribution in [-0.2, 0) is 0 Å². The van der Waals surface area contributed by atoms with Crippen molar-refractivity contribution < 1.29 is 0 Å². The SMILES string of the molecule is O=c1c2cc(Cl)ccc2[nH]c2c1cnn2-c1ccccn1. The Balaban J connectivity index is 2.12. The second kappa shape index (κ2) is 4.43. The molecule has 0 radical (unpaired) electrons. The molecule has 5 nitrogen and oxygen atoms in total. The lowest BCUT2D eigenvalue weighted by atomic mass is 10.2. The van der Waals surface area contributed by atoms with Crippen LogP contribution in [0.1, 0.15) is 0 Å². The number of halogens is 1. The third kappa shape index (κ3) is 1.82. The molecule has 0 saturated carbocycles. The van der Waals surface area contributed by atoms with Gasteiger partial charge in [0.15, 0.2) is 5.82 Å². The van der Waals surface area contributed by atoms with E-state index in [1.165, 1.54) is 0 Å². The molecule has 0 aliphatic carbocycles. The number of hydrogen-bond donors (Lipinski definition) is 1. The van der Waals surface area contributed by atoms with Crippen molar-refractivity contribution in [2.45, 2.75) is 0 Å². The molecule has 4 aromatic rings. The molecule has 0 amide bonds. The number of nitrogens with one attached hydrogen (secondary N) is 1. The Morgan fingerprint density at radius 1 is 1.14 bits per heavy atom. The summed E-state index contributed by atoms with van der Waals surface area (Å²) in [6.07, 6.45) is 3.23. The normalized spacial score (nSPS) is 11.3. The fourth-order valence-corrected chi connectivity index (χ4v) is 2.55. The Kier molecular flexibility index (Phi) is 2.55. The molecule has 6 heteroatoms. The predicted molar refractivity (Wildman–Crippen MR) is 82.0 cm³/mol. The summed E-state index contributed by atoms with van der Waals surface area (Å²) in [5.74, 6) is 0.650. The molecule has 0 fully saturated rings. The third-order valence-corrected chi connectivity index (χ3v) is 3.59.